The molecule has 2 N–H and O–H groups in total. The fourth-order valence-corrected chi connectivity index (χ4v) is 3.59. The summed E-state index contributed by atoms with van der Waals surface area (Å²) < 4.78 is 37.8. The number of halogens is 3. The van der Waals surface area contributed by atoms with Crippen molar-refractivity contribution in [3.05, 3.63) is 46.0 Å². The van der Waals surface area contributed by atoms with Crippen LogP contribution in [0.4, 0.5) is 23.1 Å². The average Bonchev–Trinajstić information content (AvgIpc) is 3.11. The monoisotopic (exact) mass is 384 g/mol. The number of anilines is 1. The number of alkyl halides is 3. The number of aromatic nitrogens is 1. The lowest BCUT2D eigenvalue weighted by atomic mass is 10.1. The van der Waals surface area contributed by atoms with Gasteiger partial charge in [-0.15, -0.1) is 0 Å². The van der Waals surface area contributed by atoms with Crippen molar-refractivity contribution in [3.63, 3.8) is 0 Å². The lowest BCUT2D eigenvalue weighted by Crippen LogP contribution is -2.31. The molecule has 0 radical (unpaired) electrons. The third kappa shape index (κ3) is 3.50. The molecule has 26 heavy (non-hydrogen) atoms. The minimum atomic E-state index is -4.39. The van der Waals surface area contributed by atoms with Gasteiger partial charge in [0.25, 0.3) is 5.91 Å². The molecule has 1 aromatic heterocycles. The molecule has 0 bridgehead atoms. The standard InChI is InChI=1S/C16H15F3N4O2S/c1-9-12(13(20)24)26-14(21-9)23-7-6-22(15(23)25)8-10-2-4-11(5-3-10)16(17,18)19/h2-5H,6-8H2,1H3,(H2,20,24). The van der Waals surface area contributed by atoms with Crippen molar-refractivity contribution < 1.29 is 22.8 Å². The van der Waals surface area contributed by atoms with Crippen LogP contribution in [-0.2, 0) is 12.7 Å². The molecule has 1 aliphatic rings. The topological polar surface area (TPSA) is 79.5 Å². The van der Waals surface area contributed by atoms with Gasteiger partial charge < -0.3 is 10.6 Å². The number of carbonyl (C=O) groups is 2. The van der Waals surface area contributed by atoms with E-state index in [0.717, 1.165) is 23.5 Å². The van der Waals surface area contributed by atoms with Crippen molar-refractivity contribution in [3.8, 4) is 0 Å². The second-order valence-electron chi connectivity index (χ2n) is 5.83. The van der Waals surface area contributed by atoms with Gasteiger partial charge in [-0.25, -0.2) is 9.78 Å². The Morgan fingerprint density at radius 1 is 1.27 bits per heavy atom. The Hall–Kier alpha value is -2.62. The van der Waals surface area contributed by atoms with E-state index in [9.17, 15) is 22.8 Å². The van der Waals surface area contributed by atoms with E-state index >= 15 is 0 Å². The molecule has 2 heterocycles. The Morgan fingerprint density at radius 2 is 1.92 bits per heavy atom. The van der Waals surface area contributed by atoms with Crippen LogP contribution in [0.3, 0.4) is 0 Å². The van der Waals surface area contributed by atoms with Crippen LogP contribution in [0.1, 0.15) is 26.5 Å². The molecule has 138 valence electrons. The van der Waals surface area contributed by atoms with E-state index in [1.165, 1.54) is 21.9 Å². The first-order chi connectivity index (χ1) is 12.2. The highest BCUT2D eigenvalue weighted by molar-refractivity contribution is 7.17. The molecule has 1 saturated heterocycles. The van der Waals surface area contributed by atoms with Gasteiger partial charge in [-0.05, 0) is 24.6 Å². The lowest BCUT2D eigenvalue weighted by Gasteiger charge is -2.17. The maximum atomic E-state index is 12.6. The SMILES string of the molecule is Cc1nc(N2CCN(Cc3ccc(C(F)(F)F)cc3)C2=O)sc1C(N)=O. The van der Waals surface area contributed by atoms with E-state index in [0.29, 0.717) is 34.4 Å². The molecular weight excluding hydrogens is 369 g/mol. The molecule has 0 saturated carbocycles. The van der Waals surface area contributed by atoms with Gasteiger partial charge in [0.05, 0.1) is 11.3 Å². The highest BCUT2D eigenvalue weighted by atomic mass is 32.1. The van der Waals surface area contributed by atoms with Gasteiger partial charge in [0, 0.05) is 19.6 Å². The molecule has 0 spiro atoms. The van der Waals surface area contributed by atoms with Gasteiger partial charge in [0.2, 0.25) is 0 Å². The maximum absolute atomic E-state index is 12.6. The van der Waals surface area contributed by atoms with Crippen LogP contribution in [0.2, 0.25) is 0 Å². The van der Waals surface area contributed by atoms with Crippen molar-refractivity contribution in [2.24, 2.45) is 5.73 Å². The second kappa shape index (κ2) is 6.60. The largest absolute Gasteiger partial charge is 0.416 e. The van der Waals surface area contributed by atoms with Crippen molar-refractivity contribution in [2.75, 3.05) is 18.0 Å². The number of urea groups is 1. The van der Waals surface area contributed by atoms with Crippen LogP contribution in [0.15, 0.2) is 24.3 Å². The third-order valence-electron chi connectivity index (χ3n) is 3.99. The summed E-state index contributed by atoms with van der Waals surface area (Å²) in [6.45, 7) is 2.62. The average molecular weight is 384 g/mol. The number of amides is 3. The number of aryl methyl sites for hydroxylation is 1. The highest BCUT2D eigenvalue weighted by Crippen LogP contribution is 2.31. The molecule has 10 heteroatoms. The second-order valence-corrected chi connectivity index (χ2v) is 6.80. The van der Waals surface area contributed by atoms with Crippen molar-refractivity contribution in [1.82, 2.24) is 9.88 Å². The predicted molar refractivity (Wildman–Crippen MR) is 90.0 cm³/mol. The van der Waals surface area contributed by atoms with Gasteiger partial charge in [-0.3, -0.25) is 9.69 Å². The van der Waals surface area contributed by atoms with Gasteiger partial charge in [0.15, 0.2) is 5.13 Å². The van der Waals surface area contributed by atoms with E-state index < -0.39 is 17.6 Å². The van der Waals surface area contributed by atoms with E-state index in [1.54, 1.807) is 6.92 Å². The van der Waals surface area contributed by atoms with E-state index in [4.69, 9.17) is 5.73 Å². The van der Waals surface area contributed by atoms with Gasteiger partial charge in [0.1, 0.15) is 4.88 Å². The Balaban J connectivity index is 1.71. The molecule has 0 unspecified atom stereocenters. The summed E-state index contributed by atoms with van der Waals surface area (Å²) in [7, 11) is 0. The quantitative estimate of drug-likeness (QED) is 0.880. The zero-order valence-corrected chi connectivity index (χ0v) is 14.5. The highest BCUT2D eigenvalue weighted by Gasteiger charge is 2.33. The molecule has 0 aliphatic carbocycles. The van der Waals surface area contributed by atoms with Crippen LogP contribution in [0.5, 0.6) is 0 Å². The maximum Gasteiger partial charge on any atom is 0.416 e. The molecular formula is C16H15F3N4O2S. The third-order valence-corrected chi connectivity index (χ3v) is 5.18. The Morgan fingerprint density at radius 3 is 2.46 bits per heavy atom. The number of nitrogens with zero attached hydrogens (tertiary/aromatic N) is 3. The number of hydrogen-bond donors (Lipinski definition) is 1. The van der Waals surface area contributed by atoms with Crippen molar-refractivity contribution in [2.45, 2.75) is 19.6 Å². The normalized spacial score (nSPS) is 15.0. The fraction of sp³-hybridized carbons (Fsp3) is 0.312. The predicted octanol–water partition coefficient (Wildman–Crippen LogP) is 3.01. The zero-order valence-electron chi connectivity index (χ0n) is 13.7. The first kappa shape index (κ1) is 18.2. The summed E-state index contributed by atoms with van der Waals surface area (Å²) in [6, 6.07) is 4.40. The summed E-state index contributed by atoms with van der Waals surface area (Å²) in [6.07, 6.45) is -4.39. The molecule has 3 amide bonds. The van der Waals surface area contributed by atoms with E-state index in [1.807, 2.05) is 0 Å². The first-order valence-electron chi connectivity index (χ1n) is 7.66. The minimum absolute atomic E-state index is 0.195. The first-order valence-corrected chi connectivity index (χ1v) is 8.48. The molecule has 6 nitrogen and oxygen atoms in total. The Kier molecular flexibility index (Phi) is 4.61. The van der Waals surface area contributed by atoms with Gasteiger partial charge >= 0.3 is 12.2 Å². The summed E-state index contributed by atoms with van der Waals surface area (Å²) >= 11 is 1.05. The number of thiazole rings is 1. The summed E-state index contributed by atoms with van der Waals surface area (Å²) in [5.74, 6) is -0.598. The molecule has 1 aromatic carbocycles. The minimum Gasteiger partial charge on any atom is -0.365 e. The number of hydrogen-bond acceptors (Lipinski definition) is 4. The van der Waals surface area contributed by atoms with Gasteiger partial charge in [-0.2, -0.15) is 13.2 Å². The molecule has 2 aromatic rings. The summed E-state index contributed by atoms with van der Waals surface area (Å²) in [5, 5.41) is 0.385. The van der Waals surface area contributed by atoms with Crippen molar-refractivity contribution >= 4 is 28.4 Å². The zero-order chi connectivity index (χ0) is 19.1. The van der Waals surface area contributed by atoms with E-state index in [-0.39, 0.29) is 12.6 Å². The molecule has 3 rings (SSSR count). The number of nitrogens with two attached hydrogens (primary N) is 1. The molecule has 0 atom stereocenters. The molecule has 1 aliphatic heterocycles. The molecule has 1 fully saturated rings. The van der Waals surface area contributed by atoms with Crippen molar-refractivity contribution in [1.29, 1.82) is 0 Å². The number of rotatable bonds is 4. The van der Waals surface area contributed by atoms with Gasteiger partial charge in [-0.1, -0.05) is 23.5 Å². The van der Waals surface area contributed by atoms with Crippen LogP contribution in [0, 0.1) is 6.92 Å². The summed E-state index contributed by atoms with van der Waals surface area (Å²) in [4.78, 5) is 31.4. The summed E-state index contributed by atoms with van der Waals surface area (Å²) in [5.41, 5.74) is 5.60. The van der Waals surface area contributed by atoms with Crippen LogP contribution in [0.25, 0.3) is 0 Å². The van der Waals surface area contributed by atoms with Crippen LogP contribution in [-0.4, -0.2) is 34.9 Å². The fourth-order valence-electron chi connectivity index (χ4n) is 2.65. The van der Waals surface area contributed by atoms with E-state index in [2.05, 4.69) is 4.98 Å². The number of carbonyl (C=O) groups excluding carboxylic acids is 2. The lowest BCUT2D eigenvalue weighted by molar-refractivity contribution is -0.137. The Labute approximate surface area is 151 Å². The van der Waals surface area contributed by atoms with Crippen LogP contribution < -0.4 is 10.6 Å². The number of benzene rings is 1. The van der Waals surface area contributed by atoms with Crippen LogP contribution >= 0.6 is 11.3 Å². The Bertz CT molecular complexity index is 848. The number of primary amides is 1. The smallest absolute Gasteiger partial charge is 0.365 e.